The molecule has 1 aromatic rings. The van der Waals surface area contributed by atoms with E-state index in [0.717, 1.165) is 12.2 Å². The van der Waals surface area contributed by atoms with E-state index in [1.54, 1.807) is 7.11 Å². The summed E-state index contributed by atoms with van der Waals surface area (Å²) in [5.41, 5.74) is 10.9. The third-order valence-corrected chi connectivity index (χ3v) is 2.98. The minimum Gasteiger partial charge on any atom is -0.496 e. The first-order valence-electron chi connectivity index (χ1n) is 5.69. The van der Waals surface area contributed by atoms with Crippen LogP contribution in [0.5, 0.6) is 5.75 Å². The Kier molecular flexibility index (Phi) is 3.64. The van der Waals surface area contributed by atoms with Gasteiger partial charge in [-0.15, -0.1) is 0 Å². The molecule has 2 heteroatoms. The van der Waals surface area contributed by atoms with Gasteiger partial charge in [0.2, 0.25) is 0 Å². The van der Waals surface area contributed by atoms with Gasteiger partial charge in [0.1, 0.15) is 5.75 Å². The zero-order valence-corrected chi connectivity index (χ0v) is 11.3. The van der Waals surface area contributed by atoms with E-state index in [9.17, 15) is 0 Å². The molecule has 0 spiro atoms. The fourth-order valence-electron chi connectivity index (χ4n) is 2.13. The number of nitrogens with two attached hydrogens (primary N) is 1. The van der Waals surface area contributed by atoms with Crippen LogP contribution in [0.25, 0.3) is 0 Å². The first kappa shape index (κ1) is 13.0. The van der Waals surface area contributed by atoms with Gasteiger partial charge in [-0.2, -0.15) is 0 Å². The predicted octanol–water partition coefficient (Wildman–Crippen LogP) is 2.90. The predicted molar refractivity (Wildman–Crippen MR) is 69.2 cm³/mol. The normalized spacial score (nSPS) is 11.7. The molecule has 1 aromatic carbocycles. The van der Waals surface area contributed by atoms with Crippen molar-refractivity contribution < 1.29 is 4.74 Å². The molecule has 0 atom stereocenters. The van der Waals surface area contributed by atoms with Gasteiger partial charge < -0.3 is 10.5 Å². The number of aryl methyl sites for hydroxylation is 1. The van der Waals surface area contributed by atoms with Crippen LogP contribution >= 0.6 is 0 Å². The Bertz CT molecular complexity index is 389. The van der Waals surface area contributed by atoms with Crippen molar-refractivity contribution in [1.82, 2.24) is 0 Å². The van der Waals surface area contributed by atoms with Gasteiger partial charge in [0.05, 0.1) is 7.11 Å². The quantitative estimate of drug-likeness (QED) is 0.851. The third-order valence-electron chi connectivity index (χ3n) is 2.98. The van der Waals surface area contributed by atoms with Gasteiger partial charge in [-0.1, -0.05) is 6.07 Å². The highest BCUT2D eigenvalue weighted by atomic mass is 16.5. The van der Waals surface area contributed by atoms with E-state index >= 15 is 0 Å². The molecule has 0 bridgehead atoms. The number of hydrogen-bond acceptors (Lipinski definition) is 2. The molecule has 1 rings (SSSR count). The minimum atomic E-state index is -0.168. The monoisotopic (exact) mass is 221 g/mol. The highest BCUT2D eigenvalue weighted by Gasteiger charge is 2.16. The lowest BCUT2D eigenvalue weighted by Crippen LogP contribution is -2.34. The summed E-state index contributed by atoms with van der Waals surface area (Å²) in [6, 6.07) is 2.19. The van der Waals surface area contributed by atoms with Crippen molar-refractivity contribution in [3.63, 3.8) is 0 Å². The van der Waals surface area contributed by atoms with E-state index in [2.05, 4.69) is 40.7 Å². The van der Waals surface area contributed by atoms with E-state index in [-0.39, 0.29) is 5.54 Å². The molecule has 0 amide bonds. The Morgan fingerprint density at radius 1 is 1.19 bits per heavy atom. The SMILES string of the molecule is COc1c(C)cc(CC(C)(C)N)c(C)c1C. The maximum atomic E-state index is 6.08. The highest BCUT2D eigenvalue weighted by Crippen LogP contribution is 2.29. The molecular weight excluding hydrogens is 198 g/mol. The molecule has 0 aliphatic rings. The van der Waals surface area contributed by atoms with E-state index < -0.39 is 0 Å². The Labute approximate surface area is 98.8 Å². The highest BCUT2D eigenvalue weighted by molar-refractivity contribution is 5.49. The zero-order chi connectivity index (χ0) is 12.5. The molecule has 0 radical (unpaired) electrons. The molecule has 0 aromatic heterocycles. The first-order valence-corrected chi connectivity index (χ1v) is 5.69. The molecule has 0 fully saturated rings. The number of benzene rings is 1. The summed E-state index contributed by atoms with van der Waals surface area (Å²) >= 11 is 0. The maximum absolute atomic E-state index is 6.08. The Hall–Kier alpha value is -1.02. The summed E-state index contributed by atoms with van der Waals surface area (Å²) in [4.78, 5) is 0. The van der Waals surface area contributed by atoms with Crippen LogP contribution in [0.15, 0.2) is 6.07 Å². The molecule has 0 heterocycles. The van der Waals surface area contributed by atoms with E-state index in [0.29, 0.717) is 0 Å². The molecule has 0 aliphatic carbocycles. The summed E-state index contributed by atoms with van der Waals surface area (Å²) in [5, 5.41) is 0. The van der Waals surface area contributed by atoms with E-state index in [1.807, 2.05) is 0 Å². The lowest BCUT2D eigenvalue weighted by Gasteiger charge is -2.22. The van der Waals surface area contributed by atoms with Crippen molar-refractivity contribution in [1.29, 1.82) is 0 Å². The van der Waals surface area contributed by atoms with Crippen LogP contribution in [0.1, 0.15) is 36.1 Å². The molecule has 0 unspecified atom stereocenters. The second-order valence-electron chi connectivity index (χ2n) is 5.30. The molecule has 16 heavy (non-hydrogen) atoms. The summed E-state index contributed by atoms with van der Waals surface area (Å²) in [5.74, 6) is 0.996. The number of methoxy groups -OCH3 is 1. The van der Waals surface area contributed by atoms with E-state index in [4.69, 9.17) is 10.5 Å². The van der Waals surface area contributed by atoms with Crippen LogP contribution in [0.4, 0.5) is 0 Å². The first-order chi connectivity index (χ1) is 7.26. The molecule has 0 saturated heterocycles. The molecule has 90 valence electrons. The number of rotatable bonds is 3. The zero-order valence-electron chi connectivity index (χ0n) is 11.3. The summed E-state index contributed by atoms with van der Waals surface area (Å²) < 4.78 is 5.41. The fourth-order valence-corrected chi connectivity index (χ4v) is 2.13. The third kappa shape index (κ3) is 2.76. The summed E-state index contributed by atoms with van der Waals surface area (Å²) in [6.07, 6.45) is 0.893. The molecular formula is C14H23NO. The van der Waals surface area contributed by atoms with Gasteiger partial charge >= 0.3 is 0 Å². The van der Waals surface area contributed by atoms with Gasteiger partial charge in [0.15, 0.2) is 0 Å². The van der Waals surface area contributed by atoms with Crippen LogP contribution in [0.3, 0.4) is 0 Å². The number of ether oxygens (including phenoxy) is 1. The largest absolute Gasteiger partial charge is 0.496 e. The second kappa shape index (κ2) is 4.46. The van der Waals surface area contributed by atoms with Crippen LogP contribution < -0.4 is 10.5 Å². The molecule has 2 nitrogen and oxygen atoms in total. The van der Waals surface area contributed by atoms with Crippen molar-refractivity contribution in [2.45, 2.75) is 46.6 Å². The summed E-state index contributed by atoms with van der Waals surface area (Å²) in [6.45, 7) is 10.4. The van der Waals surface area contributed by atoms with Crippen LogP contribution in [-0.4, -0.2) is 12.6 Å². The Morgan fingerprint density at radius 2 is 1.75 bits per heavy atom. The van der Waals surface area contributed by atoms with Crippen molar-refractivity contribution in [2.75, 3.05) is 7.11 Å². The van der Waals surface area contributed by atoms with E-state index in [1.165, 1.54) is 22.3 Å². The maximum Gasteiger partial charge on any atom is 0.124 e. The molecule has 2 N–H and O–H groups in total. The molecule has 0 aliphatic heterocycles. The van der Waals surface area contributed by atoms with Crippen molar-refractivity contribution in [3.8, 4) is 5.75 Å². The average Bonchev–Trinajstić information content (AvgIpc) is 2.12. The topological polar surface area (TPSA) is 35.2 Å². The standard InChI is InChI=1S/C14H23NO/c1-9-7-12(8-14(4,5)15)10(2)11(3)13(9)16-6/h7H,8,15H2,1-6H3. The second-order valence-corrected chi connectivity index (χ2v) is 5.30. The van der Waals surface area contributed by atoms with Gasteiger partial charge in [-0.3, -0.25) is 0 Å². The lowest BCUT2D eigenvalue weighted by atomic mass is 9.89. The Balaban J connectivity index is 3.23. The molecule has 0 saturated carbocycles. The fraction of sp³-hybridized carbons (Fsp3) is 0.571. The van der Waals surface area contributed by atoms with Crippen LogP contribution in [-0.2, 0) is 6.42 Å². The Morgan fingerprint density at radius 3 is 2.19 bits per heavy atom. The van der Waals surface area contributed by atoms with Crippen molar-refractivity contribution in [3.05, 3.63) is 28.3 Å². The van der Waals surface area contributed by atoms with Crippen LogP contribution in [0.2, 0.25) is 0 Å². The van der Waals surface area contributed by atoms with Gasteiger partial charge in [-0.25, -0.2) is 0 Å². The smallest absolute Gasteiger partial charge is 0.124 e. The van der Waals surface area contributed by atoms with Gasteiger partial charge in [-0.05, 0) is 63.3 Å². The van der Waals surface area contributed by atoms with Crippen molar-refractivity contribution in [2.24, 2.45) is 5.73 Å². The average molecular weight is 221 g/mol. The van der Waals surface area contributed by atoms with Gasteiger partial charge in [0, 0.05) is 5.54 Å². The van der Waals surface area contributed by atoms with Crippen LogP contribution in [0, 0.1) is 20.8 Å². The van der Waals surface area contributed by atoms with Gasteiger partial charge in [0.25, 0.3) is 0 Å². The van der Waals surface area contributed by atoms with Crippen molar-refractivity contribution >= 4 is 0 Å². The minimum absolute atomic E-state index is 0.168. The number of hydrogen-bond donors (Lipinski definition) is 1. The summed E-state index contributed by atoms with van der Waals surface area (Å²) in [7, 11) is 1.72. The lowest BCUT2D eigenvalue weighted by molar-refractivity contribution is 0.407.